The van der Waals surface area contributed by atoms with Gasteiger partial charge in [0.15, 0.2) is 11.5 Å². The molecule has 0 aliphatic rings. The maximum absolute atomic E-state index is 12.1. The van der Waals surface area contributed by atoms with Crippen LogP contribution in [-0.2, 0) is 18.0 Å². The number of benzene rings is 1. The average Bonchev–Trinajstić information content (AvgIpc) is 3.17. The van der Waals surface area contributed by atoms with Crippen LogP contribution in [0.5, 0.6) is 0 Å². The van der Waals surface area contributed by atoms with Crippen LogP contribution < -0.4 is 5.32 Å². The zero-order valence-corrected chi connectivity index (χ0v) is 13.8. The van der Waals surface area contributed by atoms with Crippen molar-refractivity contribution in [3.63, 3.8) is 0 Å². The van der Waals surface area contributed by atoms with Gasteiger partial charge in [0.05, 0.1) is 6.54 Å². The van der Waals surface area contributed by atoms with E-state index in [0.717, 1.165) is 5.56 Å². The van der Waals surface area contributed by atoms with E-state index in [-0.39, 0.29) is 5.91 Å². The molecule has 124 valence electrons. The van der Waals surface area contributed by atoms with E-state index in [9.17, 15) is 4.79 Å². The van der Waals surface area contributed by atoms with Gasteiger partial charge in [-0.15, -0.1) is 0 Å². The van der Waals surface area contributed by atoms with Crippen LogP contribution in [0.1, 0.15) is 16.1 Å². The number of rotatable bonds is 6. The summed E-state index contributed by atoms with van der Waals surface area (Å²) in [6.45, 7) is 0.862. The number of halogens is 1. The Bertz CT molecular complexity index is 842. The second kappa shape index (κ2) is 7.29. The zero-order valence-electron chi connectivity index (χ0n) is 13.0. The molecule has 24 heavy (non-hydrogen) atoms. The Hall–Kier alpha value is -2.64. The smallest absolute Gasteiger partial charge is 0.277 e. The fourth-order valence-electron chi connectivity index (χ4n) is 2.21. The maximum Gasteiger partial charge on any atom is 0.277 e. The van der Waals surface area contributed by atoms with Crippen molar-refractivity contribution in [2.75, 3.05) is 12.4 Å². The van der Waals surface area contributed by atoms with Crippen LogP contribution in [0.3, 0.4) is 0 Å². The predicted octanol–water partition coefficient (Wildman–Crippen LogP) is 2.64. The van der Waals surface area contributed by atoms with E-state index in [2.05, 4.69) is 15.5 Å². The number of anilines is 1. The molecule has 3 aromatic rings. The topological polar surface area (TPSA) is 74.0 Å². The largest absolute Gasteiger partial charge is 0.362 e. The number of aromatic nitrogens is 4. The Morgan fingerprint density at radius 3 is 2.83 bits per heavy atom. The molecule has 7 nitrogen and oxygen atoms in total. The van der Waals surface area contributed by atoms with Crippen molar-refractivity contribution in [2.24, 2.45) is 0 Å². The lowest BCUT2D eigenvalue weighted by Gasteiger charge is -2.03. The van der Waals surface area contributed by atoms with Gasteiger partial charge >= 0.3 is 0 Å². The van der Waals surface area contributed by atoms with Crippen LogP contribution in [0.4, 0.5) is 5.82 Å². The summed E-state index contributed by atoms with van der Waals surface area (Å²) in [6, 6.07) is 10.9. The van der Waals surface area contributed by atoms with Gasteiger partial charge in [0.1, 0.15) is 6.73 Å². The molecular weight excluding hydrogens is 330 g/mol. The molecule has 8 heteroatoms. The van der Waals surface area contributed by atoms with Gasteiger partial charge in [0, 0.05) is 30.6 Å². The molecule has 3 rings (SSSR count). The second-order valence-electron chi connectivity index (χ2n) is 5.14. The van der Waals surface area contributed by atoms with E-state index in [0.29, 0.717) is 29.8 Å². The van der Waals surface area contributed by atoms with Crippen molar-refractivity contribution < 1.29 is 9.53 Å². The molecule has 2 heterocycles. The molecule has 0 bridgehead atoms. The van der Waals surface area contributed by atoms with Crippen LogP contribution in [0.25, 0.3) is 0 Å². The molecule has 0 saturated carbocycles. The number of nitrogens with zero attached hydrogens (tertiary/aromatic N) is 4. The third kappa shape index (κ3) is 4.01. The minimum Gasteiger partial charge on any atom is -0.362 e. The molecule has 0 fully saturated rings. The van der Waals surface area contributed by atoms with Gasteiger partial charge in [-0.05, 0) is 23.8 Å². The Labute approximate surface area is 143 Å². The zero-order chi connectivity index (χ0) is 16.9. The van der Waals surface area contributed by atoms with Crippen molar-refractivity contribution in [2.45, 2.75) is 13.3 Å². The highest BCUT2D eigenvalue weighted by Crippen LogP contribution is 2.13. The Balaban J connectivity index is 1.63. The standard InChI is InChI=1S/C16H16ClN5O2/c1-24-11-22-7-5-14(19-22)16(23)18-15-6-8-21(20-15)10-12-3-2-4-13(17)9-12/h2-9H,10-11H2,1H3,(H,18,20,23). The van der Waals surface area contributed by atoms with E-state index in [1.165, 1.54) is 4.68 Å². The normalized spacial score (nSPS) is 10.8. The lowest BCUT2D eigenvalue weighted by Crippen LogP contribution is -2.14. The van der Waals surface area contributed by atoms with Crippen molar-refractivity contribution in [3.8, 4) is 0 Å². The van der Waals surface area contributed by atoms with E-state index in [4.69, 9.17) is 16.3 Å². The highest BCUT2D eigenvalue weighted by molar-refractivity contribution is 6.30. The molecule has 1 amide bonds. The fraction of sp³-hybridized carbons (Fsp3) is 0.188. The number of amides is 1. The summed E-state index contributed by atoms with van der Waals surface area (Å²) in [6.07, 6.45) is 3.47. The lowest BCUT2D eigenvalue weighted by atomic mass is 10.2. The summed E-state index contributed by atoms with van der Waals surface area (Å²) < 4.78 is 8.21. The number of hydrogen-bond donors (Lipinski definition) is 1. The highest BCUT2D eigenvalue weighted by atomic mass is 35.5. The van der Waals surface area contributed by atoms with E-state index in [1.807, 2.05) is 24.3 Å². The first-order valence-corrected chi connectivity index (χ1v) is 7.63. The predicted molar refractivity (Wildman–Crippen MR) is 90.0 cm³/mol. The fourth-order valence-corrected chi connectivity index (χ4v) is 2.42. The van der Waals surface area contributed by atoms with Crippen molar-refractivity contribution in [1.82, 2.24) is 19.6 Å². The highest BCUT2D eigenvalue weighted by Gasteiger charge is 2.11. The maximum atomic E-state index is 12.1. The molecule has 1 aromatic carbocycles. The number of hydrogen-bond acceptors (Lipinski definition) is 4. The first-order valence-electron chi connectivity index (χ1n) is 7.26. The third-order valence-electron chi connectivity index (χ3n) is 3.25. The van der Waals surface area contributed by atoms with Crippen molar-refractivity contribution >= 4 is 23.3 Å². The number of methoxy groups -OCH3 is 1. The molecule has 0 radical (unpaired) electrons. The van der Waals surface area contributed by atoms with Gasteiger partial charge in [0.2, 0.25) is 0 Å². The molecule has 0 spiro atoms. The molecule has 0 unspecified atom stereocenters. The number of carbonyl (C=O) groups excluding carboxylic acids is 1. The second-order valence-corrected chi connectivity index (χ2v) is 5.58. The SMILES string of the molecule is COCn1ccc(C(=O)Nc2ccn(Cc3cccc(Cl)c3)n2)n1. The molecular formula is C16H16ClN5O2. The Morgan fingerprint density at radius 1 is 1.21 bits per heavy atom. The van der Waals surface area contributed by atoms with Crippen LogP contribution in [0, 0.1) is 0 Å². The quantitative estimate of drug-likeness (QED) is 0.745. The first-order chi connectivity index (χ1) is 11.6. The lowest BCUT2D eigenvalue weighted by molar-refractivity contribution is 0.101. The number of carbonyl (C=O) groups is 1. The van der Waals surface area contributed by atoms with Crippen molar-refractivity contribution in [1.29, 1.82) is 0 Å². The van der Waals surface area contributed by atoms with E-state index < -0.39 is 0 Å². The summed E-state index contributed by atoms with van der Waals surface area (Å²) in [4.78, 5) is 12.1. The average molecular weight is 346 g/mol. The van der Waals surface area contributed by atoms with E-state index in [1.54, 1.807) is 36.3 Å². The molecule has 0 saturated heterocycles. The molecule has 0 atom stereocenters. The monoisotopic (exact) mass is 345 g/mol. The Kier molecular flexibility index (Phi) is 4.93. The van der Waals surface area contributed by atoms with Gasteiger partial charge < -0.3 is 10.1 Å². The summed E-state index contributed by atoms with van der Waals surface area (Å²) >= 11 is 5.97. The van der Waals surface area contributed by atoms with Crippen LogP contribution >= 0.6 is 11.6 Å². The molecule has 1 N–H and O–H groups in total. The Morgan fingerprint density at radius 2 is 2.04 bits per heavy atom. The van der Waals surface area contributed by atoms with Gasteiger partial charge in [-0.25, -0.2) is 4.68 Å². The number of ether oxygens (including phenoxy) is 1. The van der Waals surface area contributed by atoms with Crippen molar-refractivity contribution in [3.05, 3.63) is 65.1 Å². The minimum atomic E-state index is -0.321. The van der Waals surface area contributed by atoms with Gasteiger partial charge in [-0.3, -0.25) is 9.48 Å². The van der Waals surface area contributed by atoms with Crippen LogP contribution in [-0.4, -0.2) is 32.6 Å². The van der Waals surface area contributed by atoms with Crippen LogP contribution in [0.2, 0.25) is 5.02 Å². The van der Waals surface area contributed by atoms with Gasteiger partial charge in [0.25, 0.3) is 5.91 Å². The van der Waals surface area contributed by atoms with Gasteiger partial charge in [-0.2, -0.15) is 10.2 Å². The first kappa shape index (κ1) is 16.2. The van der Waals surface area contributed by atoms with Gasteiger partial charge in [-0.1, -0.05) is 23.7 Å². The minimum absolute atomic E-state index is 0.293. The molecule has 2 aromatic heterocycles. The summed E-state index contributed by atoms with van der Waals surface area (Å²) in [5, 5.41) is 11.8. The molecule has 0 aliphatic heterocycles. The summed E-state index contributed by atoms with van der Waals surface area (Å²) in [5.74, 6) is 0.140. The summed E-state index contributed by atoms with van der Waals surface area (Å²) in [7, 11) is 1.56. The van der Waals surface area contributed by atoms with E-state index >= 15 is 0 Å². The van der Waals surface area contributed by atoms with Crippen LogP contribution in [0.15, 0.2) is 48.8 Å². The molecule has 0 aliphatic carbocycles. The third-order valence-corrected chi connectivity index (χ3v) is 3.49. The number of nitrogens with one attached hydrogen (secondary N) is 1. The summed E-state index contributed by atoms with van der Waals surface area (Å²) in [5.41, 5.74) is 1.33.